The van der Waals surface area contributed by atoms with Crippen LogP contribution in [0, 0.1) is 13.8 Å². The number of hydrogen-bond donors (Lipinski definition) is 3. The Kier molecular flexibility index (Phi) is 3.48. The van der Waals surface area contributed by atoms with Gasteiger partial charge >= 0.3 is 5.97 Å². The van der Waals surface area contributed by atoms with Crippen molar-refractivity contribution in [2.45, 2.75) is 39.2 Å². The maximum atomic E-state index is 11.0. The minimum atomic E-state index is -1.03. The summed E-state index contributed by atoms with van der Waals surface area (Å²) < 4.78 is 0. The largest absolute Gasteiger partial charge is 0.507 e. The number of rotatable bonds is 3. The van der Waals surface area contributed by atoms with Crippen molar-refractivity contribution in [1.29, 1.82) is 0 Å². The molecule has 1 atom stereocenters. The number of aromatic hydroxyl groups is 1. The first kappa shape index (κ1) is 13.5. The first-order chi connectivity index (χ1) is 7.67. The van der Waals surface area contributed by atoms with Gasteiger partial charge in [-0.1, -0.05) is 26.0 Å². The Balaban J connectivity index is 3.29. The van der Waals surface area contributed by atoms with Gasteiger partial charge in [0.05, 0.1) is 0 Å². The number of aryl methyl sites for hydroxylation is 2. The summed E-state index contributed by atoms with van der Waals surface area (Å²) in [7, 11) is 0. The molecule has 4 N–H and O–H groups in total. The van der Waals surface area contributed by atoms with Crippen LogP contribution >= 0.6 is 0 Å². The second-order valence-electron chi connectivity index (χ2n) is 5.00. The highest BCUT2D eigenvalue weighted by Gasteiger charge is 2.34. The molecule has 0 aliphatic rings. The third kappa shape index (κ3) is 2.42. The lowest BCUT2D eigenvalue weighted by Crippen LogP contribution is -2.46. The highest BCUT2D eigenvalue weighted by molar-refractivity contribution is 5.75. The Hall–Kier alpha value is -1.55. The van der Waals surface area contributed by atoms with Gasteiger partial charge in [-0.05, 0) is 30.5 Å². The Morgan fingerprint density at radius 3 is 2.06 bits per heavy atom. The maximum absolute atomic E-state index is 11.0. The highest BCUT2D eigenvalue weighted by Crippen LogP contribution is 2.32. The SMILES string of the molecule is Cc1cc(C(C)(C)C(N)C(=O)O)cc(C)c1O. The molecule has 94 valence electrons. The molecule has 1 aromatic rings. The third-order valence-corrected chi connectivity index (χ3v) is 3.28. The van der Waals surface area contributed by atoms with Crippen LogP contribution in [-0.2, 0) is 10.2 Å². The van der Waals surface area contributed by atoms with Crippen LogP contribution in [0.2, 0.25) is 0 Å². The van der Waals surface area contributed by atoms with Gasteiger partial charge in [0.25, 0.3) is 0 Å². The molecule has 1 rings (SSSR count). The van der Waals surface area contributed by atoms with E-state index < -0.39 is 17.4 Å². The number of carbonyl (C=O) groups is 1. The predicted octanol–water partition coefficient (Wildman–Crippen LogP) is 1.70. The molecule has 0 aromatic heterocycles. The van der Waals surface area contributed by atoms with Crippen molar-refractivity contribution in [3.63, 3.8) is 0 Å². The molecule has 0 amide bonds. The molecule has 1 unspecified atom stereocenters. The smallest absolute Gasteiger partial charge is 0.321 e. The summed E-state index contributed by atoms with van der Waals surface area (Å²) in [6.45, 7) is 7.15. The molecule has 17 heavy (non-hydrogen) atoms. The third-order valence-electron chi connectivity index (χ3n) is 3.28. The number of carboxylic acids is 1. The van der Waals surface area contributed by atoms with E-state index in [1.54, 1.807) is 39.8 Å². The zero-order valence-corrected chi connectivity index (χ0v) is 10.6. The van der Waals surface area contributed by atoms with E-state index in [0.717, 1.165) is 16.7 Å². The number of phenolic OH excluding ortho intramolecular Hbond substituents is 1. The standard InChI is InChI=1S/C13H19NO3/c1-7-5-9(6-8(2)10(7)15)13(3,4)11(14)12(16)17/h5-6,11,15H,14H2,1-4H3,(H,16,17). The fourth-order valence-electron chi connectivity index (χ4n) is 1.82. The molecule has 0 aliphatic heterocycles. The summed E-state index contributed by atoms with van der Waals surface area (Å²) in [6, 6.07) is 2.59. The van der Waals surface area contributed by atoms with Crippen molar-refractivity contribution < 1.29 is 15.0 Å². The number of carboxylic acid groups (broad SMARTS) is 1. The van der Waals surface area contributed by atoms with Crippen LogP contribution in [0.4, 0.5) is 0 Å². The van der Waals surface area contributed by atoms with E-state index in [1.807, 2.05) is 0 Å². The van der Waals surface area contributed by atoms with Crippen molar-refractivity contribution in [1.82, 2.24) is 0 Å². The predicted molar refractivity (Wildman–Crippen MR) is 66.2 cm³/mol. The van der Waals surface area contributed by atoms with E-state index in [2.05, 4.69) is 0 Å². The fourth-order valence-corrected chi connectivity index (χ4v) is 1.82. The second kappa shape index (κ2) is 4.37. The summed E-state index contributed by atoms with van der Waals surface area (Å²) >= 11 is 0. The minimum Gasteiger partial charge on any atom is -0.507 e. The Bertz CT molecular complexity index is 429. The summed E-state index contributed by atoms with van der Waals surface area (Å²) in [5, 5.41) is 18.7. The van der Waals surface area contributed by atoms with E-state index in [1.165, 1.54) is 0 Å². The fraction of sp³-hybridized carbons (Fsp3) is 0.462. The van der Waals surface area contributed by atoms with Gasteiger partial charge < -0.3 is 15.9 Å². The highest BCUT2D eigenvalue weighted by atomic mass is 16.4. The van der Waals surface area contributed by atoms with Gasteiger partial charge in [0.2, 0.25) is 0 Å². The Morgan fingerprint density at radius 2 is 1.71 bits per heavy atom. The first-order valence-electron chi connectivity index (χ1n) is 5.47. The van der Waals surface area contributed by atoms with E-state index in [0.29, 0.717) is 0 Å². The number of aliphatic carboxylic acids is 1. The molecule has 0 heterocycles. The quantitative estimate of drug-likeness (QED) is 0.747. The van der Waals surface area contributed by atoms with Crippen LogP contribution in [0.1, 0.15) is 30.5 Å². The van der Waals surface area contributed by atoms with Gasteiger partial charge in [0, 0.05) is 5.41 Å². The number of nitrogens with two attached hydrogens (primary N) is 1. The van der Waals surface area contributed by atoms with Crippen molar-refractivity contribution in [3.8, 4) is 5.75 Å². The van der Waals surface area contributed by atoms with Gasteiger partial charge in [-0.15, -0.1) is 0 Å². The summed E-state index contributed by atoms with van der Waals surface area (Å²) in [6.07, 6.45) is 0. The molecular formula is C13H19NO3. The van der Waals surface area contributed by atoms with Crippen LogP contribution in [0.15, 0.2) is 12.1 Å². The molecule has 0 fully saturated rings. The second-order valence-corrected chi connectivity index (χ2v) is 5.00. The topological polar surface area (TPSA) is 83.6 Å². The molecule has 0 saturated carbocycles. The van der Waals surface area contributed by atoms with Crippen LogP contribution in [0.3, 0.4) is 0 Å². The zero-order valence-electron chi connectivity index (χ0n) is 10.6. The number of hydrogen-bond acceptors (Lipinski definition) is 3. The number of phenols is 1. The van der Waals surface area contributed by atoms with Gasteiger partial charge in [-0.25, -0.2) is 0 Å². The van der Waals surface area contributed by atoms with E-state index in [-0.39, 0.29) is 5.75 Å². The monoisotopic (exact) mass is 237 g/mol. The lowest BCUT2D eigenvalue weighted by molar-refractivity contribution is -0.140. The molecule has 0 saturated heterocycles. The average molecular weight is 237 g/mol. The Morgan fingerprint density at radius 1 is 1.29 bits per heavy atom. The minimum absolute atomic E-state index is 0.244. The van der Waals surface area contributed by atoms with Crippen LogP contribution in [0.5, 0.6) is 5.75 Å². The maximum Gasteiger partial charge on any atom is 0.321 e. The molecule has 0 radical (unpaired) electrons. The van der Waals surface area contributed by atoms with Crippen molar-refractivity contribution in [2.24, 2.45) is 5.73 Å². The molecule has 0 spiro atoms. The van der Waals surface area contributed by atoms with Gasteiger partial charge in [0.15, 0.2) is 0 Å². The molecule has 1 aromatic carbocycles. The molecule has 0 aliphatic carbocycles. The van der Waals surface area contributed by atoms with Crippen molar-refractivity contribution in [2.75, 3.05) is 0 Å². The molecule has 4 heteroatoms. The zero-order chi connectivity index (χ0) is 13.4. The lowest BCUT2D eigenvalue weighted by Gasteiger charge is -2.30. The van der Waals surface area contributed by atoms with E-state index in [4.69, 9.17) is 10.8 Å². The molecule has 4 nitrogen and oxygen atoms in total. The van der Waals surface area contributed by atoms with Gasteiger partial charge in [-0.3, -0.25) is 4.79 Å². The normalized spacial score (nSPS) is 13.5. The lowest BCUT2D eigenvalue weighted by atomic mass is 9.77. The van der Waals surface area contributed by atoms with Crippen LogP contribution < -0.4 is 5.73 Å². The molecule has 0 bridgehead atoms. The summed E-state index contributed by atoms with van der Waals surface area (Å²) in [5.74, 6) is -0.785. The first-order valence-corrected chi connectivity index (χ1v) is 5.47. The summed E-state index contributed by atoms with van der Waals surface area (Å²) in [4.78, 5) is 11.0. The average Bonchev–Trinajstić information content (AvgIpc) is 2.23. The van der Waals surface area contributed by atoms with Gasteiger partial charge in [-0.2, -0.15) is 0 Å². The van der Waals surface area contributed by atoms with Gasteiger partial charge in [0.1, 0.15) is 11.8 Å². The van der Waals surface area contributed by atoms with Crippen molar-refractivity contribution in [3.05, 3.63) is 28.8 Å². The Labute approximate surface area is 101 Å². The summed E-state index contributed by atoms with van der Waals surface area (Å²) in [5.41, 5.74) is 7.29. The van der Waals surface area contributed by atoms with E-state index >= 15 is 0 Å². The number of benzene rings is 1. The van der Waals surface area contributed by atoms with Crippen LogP contribution in [-0.4, -0.2) is 22.2 Å². The van der Waals surface area contributed by atoms with Crippen molar-refractivity contribution >= 4 is 5.97 Å². The molecular weight excluding hydrogens is 218 g/mol. The van der Waals surface area contributed by atoms with E-state index in [9.17, 15) is 9.90 Å². The van der Waals surface area contributed by atoms with Crippen LogP contribution in [0.25, 0.3) is 0 Å².